The van der Waals surface area contributed by atoms with E-state index in [0.29, 0.717) is 24.2 Å². The number of aryl methyl sites for hydroxylation is 1. The van der Waals surface area contributed by atoms with Gasteiger partial charge in [-0.2, -0.15) is 0 Å². The number of anilines is 2. The fourth-order valence-corrected chi connectivity index (χ4v) is 4.31. The lowest BCUT2D eigenvalue weighted by Gasteiger charge is -2.46. The van der Waals surface area contributed by atoms with Crippen LogP contribution in [0.5, 0.6) is 0 Å². The Kier molecular flexibility index (Phi) is 5.53. The molecule has 2 atom stereocenters. The first-order valence-electron chi connectivity index (χ1n) is 10.2. The molecule has 0 bridgehead atoms. The molecule has 2 unspecified atom stereocenters. The van der Waals surface area contributed by atoms with Gasteiger partial charge in [0.15, 0.2) is 0 Å². The maximum absolute atomic E-state index is 13.3. The summed E-state index contributed by atoms with van der Waals surface area (Å²) in [5.41, 5.74) is 2.00. The van der Waals surface area contributed by atoms with Crippen molar-refractivity contribution in [2.24, 2.45) is 5.92 Å². The van der Waals surface area contributed by atoms with Crippen molar-refractivity contribution in [3.63, 3.8) is 0 Å². The van der Waals surface area contributed by atoms with E-state index in [1.165, 1.54) is 34.1 Å². The Morgan fingerprint density at radius 1 is 1.03 bits per heavy atom. The van der Waals surface area contributed by atoms with Crippen LogP contribution < -0.4 is 10.2 Å². The van der Waals surface area contributed by atoms with Crippen molar-refractivity contribution in [2.75, 3.05) is 16.8 Å². The number of imide groups is 1. The second-order valence-corrected chi connectivity index (χ2v) is 7.93. The number of amides is 4. The maximum atomic E-state index is 13.3. The van der Waals surface area contributed by atoms with E-state index < -0.39 is 11.8 Å². The van der Waals surface area contributed by atoms with Crippen molar-refractivity contribution in [1.29, 1.82) is 0 Å². The highest BCUT2D eigenvalue weighted by Gasteiger charge is 2.47. The molecule has 0 spiro atoms. The van der Waals surface area contributed by atoms with E-state index in [2.05, 4.69) is 5.32 Å². The number of halogens is 1. The molecule has 0 radical (unpaired) electrons. The van der Waals surface area contributed by atoms with Gasteiger partial charge in [0.2, 0.25) is 11.8 Å². The standard InChI is InChI=1S/C23H24FN3O3/c1-15-6-12-18(13-7-15)27-22(29)19-4-2-3-5-20(19)26(23(27)30)14-21(28)25-17-10-8-16(24)9-11-17/h6-13,19-20H,2-5,14H2,1H3,(H,25,28). The zero-order chi connectivity index (χ0) is 21.3. The molecule has 4 rings (SSSR count). The highest BCUT2D eigenvalue weighted by atomic mass is 19.1. The Balaban J connectivity index is 1.58. The van der Waals surface area contributed by atoms with E-state index in [1.54, 1.807) is 12.1 Å². The first-order chi connectivity index (χ1) is 14.4. The Morgan fingerprint density at radius 2 is 1.70 bits per heavy atom. The molecule has 7 heteroatoms. The van der Waals surface area contributed by atoms with Gasteiger partial charge in [-0.05, 0) is 56.2 Å². The summed E-state index contributed by atoms with van der Waals surface area (Å²) in [4.78, 5) is 41.8. The van der Waals surface area contributed by atoms with Crippen molar-refractivity contribution in [2.45, 2.75) is 38.6 Å². The molecule has 2 aliphatic rings. The first-order valence-corrected chi connectivity index (χ1v) is 10.2. The van der Waals surface area contributed by atoms with Crippen molar-refractivity contribution >= 4 is 29.2 Å². The lowest BCUT2D eigenvalue weighted by atomic mass is 9.81. The van der Waals surface area contributed by atoms with Gasteiger partial charge in [0.25, 0.3) is 0 Å². The number of hydrogen-bond acceptors (Lipinski definition) is 3. The molecule has 0 aromatic heterocycles. The highest BCUT2D eigenvalue weighted by Crippen LogP contribution is 2.36. The molecule has 30 heavy (non-hydrogen) atoms. The molecule has 1 heterocycles. The minimum atomic E-state index is -0.471. The number of rotatable bonds is 4. The third-order valence-corrected chi connectivity index (χ3v) is 5.84. The molecule has 6 nitrogen and oxygen atoms in total. The third kappa shape index (κ3) is 3.92. The van der Waals surface area contributed by atoms with Crippen LogP contribution in [0.1, 0.15) is 31.2 Å². The van der Waals surface area contributed by atoms with Gasteiger partial charge in [0.1, 0.15) is 12.4 Å². The summed E-state index contributed by atoms with van der Waals surface area (Å²) in [5.74, 6) is -1.27. The van der Waals surface area contributed by atoms with Gasteiger partial charge >= 0.3 is 6.03 Å². The van der Waals surface area contributed by atoms with Gasteiger partial charge in [-0.1, -0.05) is 30.5 Å². The van der Waals surface area contributed by atoms with Crippen molar-refractivity contribution < 1.29 is 18.8 Å². The van der Waals surface area contributed by atoms with Gasteiger partial charge in [-0.15, -0.1) is 0 Å². The van der Waals surface area contributed by atoms with Crippen molar-refractivity contribution in [3.05, 3.63) is 59.9 Å². The lowest BCUT2D eigenvalue weighted by Crippen LogP contribution is -2.64. The SMILES string of the molecule is Cc1ccc(N2C(=O)C3CCCCC3N(CC(=O)Nc3ccc(F)cc3)C2=O)cc1. The van der Waals surface area contributed by atoms with Crippen LogP contribution in [-0.4, -0.2) is 35.3 Å². The van der Waals surface area contributed by atoms with Gasteiger partial charge in [-0.3, -0.25) is 9.59 Å². The second kappa shape index (κ2) is 8.26. The zero-order valence-electron chi connectivity index (χ0n) is 16.8. The summed E-state index contributed by atoms with van der Waals surface area (Å²) in [6.45, 7) is 1.78. The minimum absolute atomic E-state index is 0.160. The first kappa shape index (κ1) is 20.1. The zero-order valence-corrected chi connectivity index (χ0v) is 16.8. The summed E-state index contributed by atoms with van der Waals surface area (Å²) < 4.78 is 13.1. The van der Waals surface area contributed by atoms with E-state index in [4.69, 9.17) is 0 Å². The number of benzene rings is 2. The molecule has 1 aliphatic carbocycles. The number of fused-ring (bicyclic) bond motifs is 1. The van der Waals surface area contributed by atoms with Crippen LogP contribution >= 0.6 is 0 Å². The molecule has 2 fully saturated rings. The molecule has 156 valence electrons. The Labute approximate surface area is 174 Å². The van der Waals surface area contributed by atoms with E-state index in [9.17, 15) is 18.8 Å². The third-order valence-electron chi connectivity index (χ3n) is 5.84. The monoisotopic (exact) mass is 409 g/mol. The number of nitrogens with one attached hydrogen (secondary N) is 1. The summed E-state index contributed by atoms with van der Waals surface area (Å²) in [7, 11) is 0. The van der Waals surface area contributed by atoms with E-state index >= 15 is 0 Å². The lowest BCUT2D eigenvalue weighted by molar-refractivity contribution is -0.128. The molecular formula is C23H24FN3O3. The molecule has 4 amide bonds. The predicted octanol–water partition coefficient (Wildman–Crippen LogP) is 4.10. The molecular weight excluding hydrogens is 385 g/mol. The molecule has 1 N–H and O–H groups in total. The fourth-order valence-electron chi connectivity index (χ4n) is 4.31. The molecule has 1 saturated heterocycles. The normalized spacial score (nSPS) is 21.4. The van der Waals surface area contributed by atoms with Crippen LogP contribution in [0.15, 0.2) is 48.5 Å². The van der Waals surface area contributed by atoms with Crippen LogP contribution in [0.2, 0.25) is 0 Å². The number of carbonyl (C=O) groups is 3. The number of urea groups is 1. The van der Waals surface area contributed by atoms with Crippen molar-refractivity contribution in [1.82, 2.24) is 4.90 Å². The molecule has 2 aromatic carbocycles. The number of carbonyl (C=O) groups excluding carboxylic acids is 3. The maximum Gasteiger partial charge on any atom is 0.332 e. The fraction of sp³-hybridized carbons (Fsp3) is 0.348. The van der Waals surface area contributed by atoms with Gasteiger partial charge in [-0.25, -0.2) is 14.1 Å². The topological polar surface area (TPSA) is 69.7 Å². The Morgan fingerprint density at radius 3 is 2.40 bits per heavy atom. The Bertz CT molecular complexity index is 959. The second-order valence-electron chi connectivity index (χ2n) is 7.93. The summed E-state index contributed by atoms with van der Waals surface area (Å²) in [5, 5.41) is 2.70. The molecule has 1 aliphatic heterocycles. The van der Waals surface area contributed by atoms with Gasteiger partial charge in [0.05, 0.1) is 11.6 Å². The van der Waals surface area contributed by atoms with Gasteiger partial charge < -0.3 is 10.2 Å². The summed E-state index contributed by atoms with van der Waals surface area (Å²) >= 11 is 0. The van der Waals surface area contributed by atoms with E-state index in [0.717, 1.165) is 18.4 Å². The molecule has 1 saturated carbocycles. The predicted molar refractivity (Wildman–Crippen MR) is 112 cm³/mol. The van der Waals surface area contributed by atoms with Crippen LogP contribution in [0.25, 0.3) is 0 Å². The average molecular weight is 409 g/mol. The number of hydrogen-bond donors (Lipinski definition) is 1. The van der Waals surface area contributed by atoms with Gasteiger partial charge in [0, 0.05) is 11.7 Å². The highest BCUT2D eigenvalue weighted by molar-refractivity contribution is 6.17. The van der Waals surface area contributed by atoms with Crippen molar-refractivity contribution in [3.8, 4) is 0 Å². The van der Waals surface area contributed by atoms with Crippen LogP contribution in [0.3, 0.4) is 0 Å². The number of nitrogens with zero attached hydrogens (tertiary/aromatic N) is 2. The molecule has 2 aromatic rings. The van der Waals surface area contributed by atoms with E-state index in [-0.39, 0.29) is 30.3 Å². The van der Waals surface area contributed by atoms with Crippen LogP contribution in [-0.2, 0) is 9.59 Å². The minimum Gasteiger partial charge on any atom is -0.325 e. The summed E-state index contributed by atoms with van der Waals surface area (Å²) in [6.07, 6.45) is 3.25. The quantitative estimate of drug-likeness (QED) is 0.827. The largest absolute Gasteiger partial charge is 0.332 e. The Hall–Kier alpha value is -3.22. The smallest absolute Gasteiger partial charge is 0.325 e. The summed E-state index contributed by atoms with van der Waals surface area (Å²) in [6, 6.07) is 11.9. The average Bonchev–Trinajstić information content (AvgIpc) is 2.74. The van der Waals surface area contributed by atoms with Crippen LogP contribution in [0, 0.1) is 18.7 Å². The van der Waals surface area contributed by atoms with E-state index in [1.807, 2.05) is 19.1 Å². The van der Waals surface area contributed by atoms with Crippen LogP contribution in [0.4, 0.5) is 20.6 Å².